The highest BCUT2D eigenvalue weighted by Gasteiger charge is 2.06. The summed E-state index contributed by atoms with van der Waals surface area (Å²) >= 11 is 6.11. The molecule has 0 spiro atoms. The summed E-state index contributed by atoms with van der Waals surface area (Å²) in [6.07, 6.45) is 1.56. The van der Waals surface area contributed by atoms with Gasteiger partial charge in [0.2, 0.25) is 0 Å². The molecule has 5 heteroatoms. The largest absolute Gasteiger partial charge is 0.457 e. The first-order chi connectivity index (χ1) is 8.97. The molecule has 1 aromatic carbocycles. The van der Waals surface area contributed by atoms with Crippen molar-refractivity contribution < 1.29 is 4.74 Å². The van der Waals surface area contributed by atoms with Gasteiger partial charge in [-0.1, -0.05) is 11.6 Å². The number of aryl methyl sites for hydroxylation is 2. The third-order valence-corrected chi connectivity index (χ3v) is 3.25. The molecular weight excluding hydrogens is 262 g/mol. The van der Waals surface area contributed by atoms with E-state index in [1.54, 1.807) is 18.3 Å². The highest BCUT2D eigenvalue weighted by molar-refractivity contribution is 6.32. The van der Waals surface area contributed by atoms with E-state index in [9.17, 15) is 0 Å². The fourth-order valence-electron chi connectivity index (χ4n) is 1.72. The van der Waals surface area contributed by atoms with Gasteiger partial charge < -0.3 is 10.5 Å². The summed E-state index contributed by atoms with van der Waals surface area (Å²) < 4.78 is 5.73. The van der Waals surface area contributed by atoms with Gasteiger partial charge in [-0.15, -0.1) is 0 Å². The highest BCUT2D eigenvalue weighted by Crippen LogP contribution is 2.29. The first-order valence-corrected chi connectivity index (χ1v) is 6.10. The summed E-state index contributed by atoms with van der Waals surface area (Å²) in [5.41, 5.74) is 7.69. The topological polar surface area (TPSA) is 72.0 Å². The number of hydrogen-bond acceptors (Lipinski definition) is 3. The van der Waals surface area contributed by atoms with Crippen LogP contribution in [0.15, 0.2) is 30.5 Å². The zero-order chi connectivity index (χ0) is 14.0. The number of hydrogen-bond donors (Lipinski definition) is 2. The molecule has 2 rings (SSSR count). The number of benzene rings is 1. The fourth-order valence-corrected chi connectivity index (χ4v) is 1.83. The van der Waals surface area contributed by atoms with Crippen LogP contribution in [-0.4, -0.2) is 10.8 Å². The van der Waals surface area contributed by atoms with Crippen LogP contribution in [0.4, 0.5) is 0 Å². The Morgan fingerprint density at radius 3 is 2.42 bits per heavy atom. The Hall–Kier alpha value is -2.07. The van der Waals surface area contributed by atoms with Gasteiger partial charge in [-0.05, 0) is 43.2 Å². The second kappa shape index (κ2) is 5.28. The zero-order valence-corrected chi connectivity index (χ0v) is 11.5. The number of nitrogens with two attached hydrogens (primary N) is 1. The Kier molecular flexibility index (Phi) is 3.71. The molecule has 4 nitrogen and oxygen atoms in total. The molecule has 2 aromatic rings. The Morgan fingerprint density at radius 1 is 1.21 bits per heavy atom. The molecule has 0 saturated heterocycles. The molecule has 0 saturated carbocycles. The average molecular weight is 276 g/mol. The molecule has 0 aliphatic carbocycles. The third kappa shape index (κ3) is 3.03. The van der Waals surface area contributed by atoms with Crippen molar-refractivity contribution >= 4 is 17.4 Å². The van der Waals surface area contributed by atoms with Crippen molar-refractivity contribution in [2.75, 3.05) is 0 Å². The Morgan fingerprint density at radius 2 is 1.84 bits per heavy atom. The van der Waals surface area contributed by atoms with Gasteiger partial charge in [0.05, 0.1) is 0 Å². The lowest BCUT2D eigenvalue weighted by atomic mass is 10.1. The Bertz CT molecular complexity index is 617. The normalized spacial score (nSPS) is 10.3. The molecule has 0 amide bonds. The monoisotopic (exact) mass is 275 g/mol. The number of nitrogens with one attached hydrogen (secondary N) is 1. The lowest BCUT2D eigenvalue weighted by Gasteiger charge is -2.10. The summed E-state index contributed by atoms with van der Waals surface area (Å²) in [7, 11) is 0. The average Bonchev–Trinajstić information content (AvgIpc) is 2.36. The third-order valence-electron chi connectivity index (χ3n) is 2.65. The maximum Gasteiger partial charge on any atom is 0.141 e. The second-order valence-corrected chi connectivity index (χ2v) is 4.64. The molecule has 0 bridgehead atoms. The summed E-state index contributed by atoms with van der Waals surface area (Å²) in [6.45, 7) is 3.85. The van der Waals surface area contributed by atoms with E-state index in [1.165, 1.54) is 0 Å². The van der Waals surface area contributed by atoms with Gasteiger partial charge in [0.1, 0.15) is 23.0 Å². The predicted octanol–water partition coefficient (Wildman–Crippen LogP) is 3.43. The molecule has 0 radical (unpaired) electrons. The van der Waals surface area contributed by atoms with E-state index in [0.717, 1.165) is 16.1 Å². The highest BCUT2D eigenvalue weighted by atomic mass is 35.5. The molecule has 0 unspecified atom stereocenters. The molecule has 1 aromatic heterocycles. The van der Waals surface area contributed by atoms with Gasteiger partial charge in [-0.25, -0.2) is 0 Å². The van der Waals surface area contributed by atoms with Crippen LogP contribution >= 0.6 is 11.6 Å². The van der Waals surface area contributed by atoms with E-state index < -0.39 is 0 Å². The quantitative estimate of drug-likeness (QED) is 0.666. The van der Waals surface area contributed by atoms with Crippen molar-refractivity contribution in [1.82, 2.24) is 4.98 Å². The standard InChI is InChI=1S/C14H14ClN3O/c1-8-5-11(6-9(2)13(8)15)19-10-3-4-18-12(7-10)14(16)17/h3-7H,1-2H3,(H3,16,17). The number of pyridine rings is 1. The molecule has 0 aliphatic rings. The van der Waals surface area contributed by atoms with Crippen LogP contribution in [0.5, 0.6) is 11.5 Å². The molecule has 0 atom stereocenters. The lowest BCUT2D eigenvalue weighted by Crippen LogP contribution is -2.12. The van der Waals surface area contributed by atoms with Crippen LogP contribution in [0, 0.1) is 19.3 Å². The van der Waals surface area contributed by atoms with E-state index in [1.807, 2.05) is 26.0 Å². The van der Waals surface area contributed by atoms with E-state index in [4.69, 9.17) is 27.5 Å². The summed E-state index contributed by atoms with van der Waals surface area (Å²) in [4.78, 5) is 3.98. The Labute approximate surface area is 116 Å². The summed E-state index contributed by atoms with van der Waals surface area (Å²) in [6, 6.07) is 7.07. The van der Waals surface area contributed by atoms with Gasteiger partial charge >= 0.3 is 0 Å². The predicted molar refractivity (Wildman–Crippen MR) is 76.3 cm³/mol. The fraction of sp³-hybridized carbons (Fsp3) is 0.143. The number of rotatable bonds is 3. The number of halogens is 1. The van der Waals surface area contributed by atoms with Crippen LogP contribution < -0.4 is 10.5 Å². The molecular formula is C14H14ClN3O. The maximum absolute atomic E-state index is 7.35. The zero-order valence-electron chi connectivity index (χ0n) is 10.7. The van der Waals surface area contributed by atoms with Gasteiger partial charge in [-0.2, -0.15) is 0 Å². The van der Waals surface area contributed by atoms with Gasteiger partial charge in [0.25, 0.3) is 0 Å². The molecule has 0 aliphatic heterocycles. The van der Waals surface area contributed by atoms with Gasteiger partial charge in [0, 0.05) is 17.3 Å². The van der Waals surface area contributed by atoms with Crippen LogP contribution in [0.1, 0.15) is 16.8 Å². The number of nitrogens with zero attached hydrogens (tertiary/aromatic N) is 1. The van der Waals surface area contributed by atoms with Gasteiger partial charge in [-0.3, -0.25) is 10.4 Å². The first kappa shape index (κ1) is 13.4. The SMILES string of the molecule is Cc1cc(Oc2ccnc(C(=N)N)c2)cc(C)c1Cl. The number of amidine groups is 1. The van der Waals surface area contributed by atoms with Crippen LogP contribution in [0.2, 0.25) is 5.02 Å². The minimum atomic E-state index is -0.0890. The minimum Gasteiger partial charge on any atom is -0.457 e. The van der Waals surface area contributed by atoms with E-state index in [0.29, 0.717) is 17.2 Å². The minimum absolute atomic E-state index is 0.0890. The van der Waals surface area contributed by atoms with E-state index in [-0.39, 0.29) is 5.84 Å². The van der Waals surface area contributed by atoms with Gasteiger partial charge in [0.15, 0.2) is 0 Å². The van der Waals surface area contributed by atoms with E-state index >= 15 is 0 Å². The summed E-state index contributed by atoms with van der Waals surface area (Å²) in [5.74, 6) is 1.19. The van der Waals surface area contributed by atoms with Crippen molar-refractivity contribution in [3.63, 3.8) is 0 Å². The second-order valence-electron chi connectivity index (χ2n) is 4.26. The lowest BCUT2D eigenvalue weighted by molar-refractivity contribution is 0.481. The van der Waals surface area contributed by atoms with Crippen molar-refractivity contribution in [1.29, 1.82) is 5.41 Å². The van der Waals surface area contributed by atoms with Crippen LogP contribution in [-0.2, 0) is 0 Å². The number of ether oxygens (including phenoxy) is 1. The molecule has 3 N–H and O–H groups in total. The maximum atomic E-state index is 7.35. The molecule has 0 fully saturated rings. The summed E-state index contributed by atoms with van der Waals surface area (Å²) in [5, 5.41) is 8.09. The van der Waals surface area contributed by atoms with Crippen molar-refractivity contribution in [2.24, 2.45) is 5.73 Å². The van der Waals surface area contributed by atoms with Crippen molar-refractivity contribution in [2.45, 2.75) is 13.8 Å². The van der Waals surface area contributed by atoms with Crippen LogP contribution in [0.25, 0.3) is 0 Å². The first-order valence-electron chi connectivity index (χ1n) is 5.72. The van der Waals surface area contributed by atoms with Crippen molar-refractivity contribution in [3.05, 3.63) is 52.3 Å². The molecule has 19 heavy (non-hydrogen) atoms. The van der Waals surface area contributed by atoms with Crippen LogP contribution in [0.3, 0.4) is 0 Å². The molecule has 98 valence electrons. The number of nitrogen functional groups attached to an aromatic ring is 1. The Balaban J connectivity index is 2.31. The smallest absolute Gasteiger partial charge is 0.141 e. The molecule has 1 heterocycles. The van der Waals surface area contributed by atoms with E-state index in [2.05, 4.69) is 4.98 Å². The number of aromatic nitrogens is 1. The van der Waals surface area contributed by atoms with Crippen molar-refractivity contribution in [3.8, 4) is 11.5 Å².